The fourth-order valence-corrected chi connectivity index (χ4v) is 2.12. The number of aromatic nitrogens is 1. The highest BCUT2D eigenvalue weighted by molar-refractivity contribution is 6.35. The van der Waals surface area contributed by atoms with Gasteiger partial charge in [-0.05, 0) is 18.2 Å². The van der Waals surface area contributed by atoms with Gasteiger partial charge in [-0.1, -0.05) is 17.7 Å². The minimum Gasteiger partial charge on any atom is -0.383 e. The quantitative estimate of drug-likeness (QED) is 0.863. The van der Waals surface area contributed by atoms with Gasteiger partial charge in [-0.15, -0.1) is 0 Å². The second-order valence-corrected chi connectivity index (χ2v) is 4.42. The maximum Gasteiger partial charge on any atom is 0.268 e. The largest absolute Gasteiger partial charge is 0.383 e. The Labute approximate surface area is 110 Å². The van der Waals surface area contributed by atoms with Crippen molar-refractivity contribution in [2.45, 2.75) is 0 Å². The summed E-state index contributed by atoms with van der Waals surface area (Å²) in [4.78, 5) is 12.0. The van der Waals surface area contributed by atoms with E-state index in [0.717, 1.165) is 10.9 Å². The minimum absolute atomic E-state index is 0.123. The molecule has 0 atom stereocenters. The van der Waals surface area contributed by atoms with Crippen LogP contribution in [-0.2, 0) is 11.8 Å². The van der Waals surface area contributed by atoms with Crippen LogP contribution < -0.4 is 5.32 Å². The smallest absolute Gasteiger partial charge is 0.268 e. The molecule has 2 rings (SSSR count). The SMILES string of the molecule is COCCNC(=O)c1cc2c(Cl)cccc2n1C. The van der Waals surface area contributed by atoms with E-state index in [-0.39, 0.29) is 5.91 Å². The molecule has 1 amide bonds. The lowest BCUT2D eigenvalue weighted by atomic mass is 10.2. The van der Waals surface area contributed by atoms with E-state index >= 15 is 0 Å². The normalized spacial score (nSPS) is 10.8. The van der Waals surface area contributed by atoms with E-state index in [1.165, 1.54) is 0 Å². The molecule has 0 aliphatic carbocycles. The molecule has 5 heteroatoms. The average Bonchev–Trinajstić information content (AvgIpc) is 2.69. The summed E-state index contributed by atoms with van der Waals surface area (Å²) in [6.07, 6.45) is 0. The van der Waals surface area contributed by atoms with Crippen molar-refractivity contribution in [2.24, 2.45) is 7.05 Å². The zero-order valence-electron chi connectivity index (χ0n) is 10.4. The van der Waals surface area contributed by atoms with Gasteiger partial charge in [0.2, 0.25) is 0 Å². The van der Waals surface area contributed by atoms with Crippen molar-refractivity contribution in [3.63, 3.8) is 0 Å². The molecular formula is C13H15ClN2O2. The number of benzene rings is 1. The lowest BCUT2D eigenvalue weighted by Crippen LogP contribution is -2.28. The summed E-state index contributed by atoms with van der Waals surface area (Å²) >= 11 is 6.11. The van der Waals surface area contributed by atoms with Crippen LogP contribution in [0.25, 0.3) is 10.9 Å². The number of rotatable bonds is 4. The van der Waals surface area contributed by atoms with Gasteiger partial charge in [0.25, 0.3) is 5.91 Å². The van der Waals surface area contributed by atoms with Crippen LogP contribution in [0.5, 0.6) is 0 Å². The number of nitrogens with one attached hydrogen (secondary N) is 1. The van der Waals surface area contributed by atoms with Crippen LogP contribution >= 0.6 is 11.6 Å². The third-order valence-electron chi connectivity index (χ3n) is 2.86. The Balaban J connectivity index is 2.31. The number of ether oxygens (including phenoxy) is 1. The molecule has 0 fully saturated rings. The molecule has 2 aromatic rings. The minimum atomic E-state index is -0.123. The molecule has 1 aromatic heterocycles. The number of hydrogen-bond donors (Lipinski definition) is 1. The van der Waals surface area contributed by atoms with E-state index in [1.807, 2.05) is 29.8 Å². The van der Waals surface area contributed by atoms with E-state index < -0.39 is 0 Å². The molecule has 0 spiro atoms. The van der Waals surface area contributed by atoms with Crippen molar-refractivity contribution in [1.82, 2.24) is 9.88 Å². The Bertz CT molecular complexity index is 578. The van der Waals surface area contributed by atoms with Gasteiger partial charge in [0.05, 0.1) is 6.61 Å². The molecule has 0 unspecified atom stereocenters. The van der Waals surface area contributed by atoms with Crippen molar-refractivity contribution in [3.8, 4) is 0 Å². The zero-order valence-corrected chi connectivity index (χ0v) is 11.1. The Morgan fingerprint density at radius 1 is 1.50 bits per heavy atom. The van der Waals surface area contributed by atoms with E-state index in [0.29, 0.717) is 23.9 Å². The summed E-state index contributed by atoms with van der Waals surface area (Å²) in [6.45, 7) is 0.987. The van der Waals surface area contributed by atoms with E-state index in [9.17, 15) is 4.79 Å². The van der Waals surface area contributed by atoms with Crippen molar-refractivity contribution >= 4 is 28.4 Å². The van der Waals surface area contributed by atoms with E-state index in [2.05, 4.69) is 5.32 Å². The van der Waals surface area contributed by atoms with Crippen molar-refractivity contribution < 1.29 is 9.53 Å². The Morgan fingerprint density at radius 2 is 2.28 bits per heavy atom. The standard InChI is InChI=1S/C13H15ClN2O2/c1-16-11-5-3-4-10(14)9(11)8-12(16)13(17)15-6-7-18-2/h3-5,8H,6-7H2,1-2H3,(H,15,17). The molecule has 4 nitrogen and oxygen atoms in total. The summed E-state index contributed by atoms with van der Waals surface area (Å²) in [7, 11) is 3.45. The lowest BCUT2D eigenvalue weighted by Gasteiger charge is -2.05. The summed E-state index contributed by atoms with van der Waals surface area (Å²) in [5, 5.41) is 4.33. The first-order valence-corrected chi connectivity index (χ1v) is 6.04. The first kappa shape index (κ1) is 12.9. The zero-order chi connectivity index (χ0) is 13.1. The number of fused-ring (bicyclic) bond motifs is 1. The van der Waals surface area contributed by atoms with Gasteiger partial charge in [-0.3, -0.25) is 4.79 Å². The maximum absolute atomic E-state index is 12.0. The molecule has 0 radical (unpaired) electrons. The number of methoxy groups -OCH3 is 1. The molecule has 1 N–H and O–H groups in total. The summed E-state index contributed by atoms with van der Waals surface area (Å²) in [5.74, 6) is -0.123. The van der Waals surface area contributed by atoms with Crippen LogP contribution in [-0.4, -0.2) is 30.7 Å². The summed E-state index contributed by atoms with van der Waals surface area (Å²) < 4.78 is 6.73. The first-order chi connectivity index (χ1) is 8.65. The molecule has 0 saturated carbocycles. The number of hydrogen-bond acceptors (Lipinski definition) is 2. The van der Waals surface area contributed by atoms with Crippen LogP contribution in [0.15, 0.2) is 24.3 Å². The average molecular weight is 267 g/mol. The second kappa shape index (κ2) is 5.42. The van der Waals surface area contributed by atoms with Gasteiger partial charge in [0.15, 0.2) is 0 Å². The van der Waals surface area contributed by atoms with Gasteiger partial charge >= 0.3 is 0 Å². The summed E-state index contributed by atoms with van der Waals surface area (Å²) in [5.41, 5.74) is 1.54. The van der Waals surface area contributed by atoms with Crippen LogP contribution in [0.1, 0.15) is 10.5 Å². The van der Waals surface area contributed by atoms with E-state index in [4.69, 9.17) is 16.3 Å². The summed E-state index contributed by atoms with van der Waals surface area (Å²) in [6, 6.07) is 7.43. The highest BCUT2D eigenvalue weighted by Gasteiger charge is 2.14. The molecule has 0 aliphatic rings. The number of aryl methyl sites for hydroxylation is 1. The van der Waals surface area contributed by atoms with Gasteiger partial charge in [-0.2, -0.15) is 0 Å². The fourth-order valence-electron chi connectivity index (χ4n) is 1.90. The topological polar surface area (TPSA) is 43.3 Å². The first-order valence-electron chi connectivity index (χ1n) is 5.66. The fraction of sp³-hybridized carbons (Fsp3) is 0.308. The molecule has 18 heavy (non-hydrogen) atoms. The lowest BCUT2D eigenvalue weighted by molar-refractivity contribution is 0.0929. The number of carbonyl (C=O) groups is 1. The number of carbonyl (C=O) groups excluding carboxylic acids is 1. The molecule has 96 valence electrons. The molecule has 0 bridgehead atoms. The van der Waals surface area contributed by atoms with Crippen LogP contribution in [0, 0.1) is 0 Å². The van der Waals surface area contributed by atoms with Gasteiger partial charge < -0.3 is 14.6 Å². The molecule has 0 saturated heterocycles. The van der Waals surface area contributed by atoms with Gasteiger partial charge in [-0.25, -0.2) is 0 Å². The predicted octanol–water partition coefficient (Wildman–Crippen LogP) is 2.21. The Morgan fingerprint density at radius 3 is 2.94 bits per heavy atom. The third-order valence-corrected chi connectivity index (χ3v) is 3.19. The molecule has 0 aliphatic heterocycles. The number of nitrogens with zero attached hydrogens (tertiary/aromatic N) is 1. The predicted molar refractivity (Wildman–Crippen MR) is 72.1 cm³/mol. The molecule has 1 heterocycles. The van der Waals surface area contributed by atoms with Crippen molar-refractivity contribution in [2.75, 3.05) is 20.3 Å². The van der Waals surface area contributed by atoms with E-state index in [1.54, 1.807) is 13.2 Å². The van der Waals surface area contributed by atoms with Crippen LogP contribution in [0.2, 0.25) is 5.02 Å². The van der Waals surface area contributed by atoms with Crippen molar-refractivity contribution in [3.05, 3.63) is 35.0 Å². The van der Waals surface area contributed by atoms with Crippen LogP contribution in [0.3, 0.4) is 0 Å². The Hall–Kier alpha value is -1.52. The van der Waals surface area contributed by atoms with Gasteiger partial charge in [0.1, 0.15) is 5.69 Å². The van der Waals surface area contributed by atoms with Gasteiger partial charge in [0, 0.05) is 36.6 Å². The third kappa shape index (κ3) is 2.35. The monoisotopic (exact) mass is 266 g/mol. The second-order valence-electron chi connectivity index (χ2n) is 4.01. The van der Waals surface area contributed by atoms with Crippen molar-refractivity contribution in [1.29, 1.82) is 0 Å². The number of amides is 1. The highest BCUT2D eigenvalue weighted by Crippen LogP contribution is 2.25. The van der Waals surface area contributed by atoms with Crippen LogP contribution in [0.4, 0.5) is 0 Å². The molecule has 1 aromatic carbocycles. The maximum atomic E-state index is 12.0. The molecular weight excluding hydrogens is 252 g/mol. The highest BCUT2D eigenvalue weighted by atomic mass is 35.5. The Kier molecular flexibility index (Phi) is 3.89. The number of halogens is 1.